The summed E-state index contributed by atoms with van der Waals surface area (Å²) < 4.78 is 0. The van der Waals surface area contributed by atoms with Crippen LogP contribution in [0.1, 0.15) is 22.0 Å². The highest BCUT2D eigenvalue weighted by atomic mass is 35.5. The number of nitrogens with zero attached hydrogens (tertiary/aromatic N) is 1. The van der Waals surface area contributed by atoms with Crippen molar-refractivity contribution < 1.29 is 14.8 Å². The lowest BCUT2D eigenvalue weighted by molar-refractivity contribution is -0.384. The van der Waals surface area contributed by atoms with Crippen molar-refractivity contribution >= 4 is 40.5 Å². The Morgan fingerprint density at radius 1 is 1.24 bits per heavy atom. The maximum Gasteiger partial charge on any atom is 0.293 e. The van der Waals surface area contributed by atoms with Gasteiger partial charge < -0.3 is 15.7 Å². The largest absolute Gasteiger partial charge is 0.387 e. The zero-order chi connectivity index (χ0) is 18.6. The maximum atomic E-state index is 11.6. The van der Waals surface area contributed by atoms with Crippen molar-refractivity contribution in [1.29, 1.82) is 0 Å². The van der Waals surface area contributed by atoms with E-state index >= 15 is 0 Å². The molecule has 0 saturated carbocycles. The minimum absolute atomic E-state index is 0.00314. The predicted octanol–water partition coefficient (Wildman–Crippen LogP) is 3.41. The number of aliphatic hydroxyl groups excluding tert-OH is 1. The van der Waals surface area contributed by atoms with Crippen molar-refractivity contribution in [1.82, 2.24) is 5.32 Å². The van der Waals surface area contributed by atoms with Crippen LogP contribution in [0.2, 0.25) is 10.0 Å². The number of aliphatic hydroxyl groups is 1. The SMILES string of the molecule is CNC(=O)c1ccc(NCC(O)c2cc(Cl)cc(Cl)c2)c([N+](=O)[O-])c1. The van der Waals surface area contributed by atoms with E-state index in [0.29, 0.717) is 15.6 Å². The van der Waals surface area contributed by atoms with Gasteiger partial charge in [-0.1, -0.05) is 23.2 Å². The zero-order valence-electron chi connectivity index (χ0n) is 13.1. The van der Waals surface area contributed by atoms with Gasteiger partial charge in [0, 0.05) is 35.3 Å². The normalized spacial score (nSPS) is 11.7. The van der Waals surface area contributed by atoms with Crippen LogP contribution in [0.15, 0.2) is 36.4 Å². The number of carbonyl (C=O) groups excluding carboxylic acids is 1. The molecule has 0 saturated heterocycles. The van der Waals surface area contributed by atoms with Crippen LogP contribution in [0.5, 0.6) is 0 Å². The average molecular weight is 384 g/mol. The van der Waals surface area contributed by atoms with Crippen LogP contribution in [0.4, 0.5) is 11.4 Å². The monoisotopic (exact) mass is 383 g/mol. The second-order valence-corrected chi connectivity index (χ2v) is 6.04. The van der Waals surface area contributed by atoms with Gasteiger partial charge >= 0.3 is 0 Å². The molecule has 0 spiro atoms. The summed E-state index contributed by atoms with van der Waals surface area (Å²) in [6.07, 6.45) is -0.977. The van der Waals surface area contributed by atoms with Gasteiger partial charge in [0.25, 0.3) is 11.6 Å². The number of nitro benzene ring substituents is 1. The minimum Gasteiger partial charge on any atom is -0.387 e. The number of hydrogen-bond donors (Lipinski definition) is 3. The zero-order valence-corrected chi connectivity index (χ0v) is 14.6. The Labute approximate surface area is 153 Å². The van der Waals surface area contributed by atoms with Gasteiger partial charge in [-0.15, -0.1) is 0 Å². The van der Waals surface area contributed by atoms with Gasteiger partial charge in [0.15, 0.2) is 0 Å². The Bertz CT molecular complexity index is 794. The van der Waals surface area contributed by atoms with Crippen molar-refractivity contribution in [3.8, 4) is 0 Å². The van der Waals surface area contributed by atoms with E-state index in [9.17, 15) is 20.0 Å². The van der Waals surface area contributed by atoms with Crippen LogP contribution in [-0.2, 0) is 0 Å². The molecule has 0 aromatic heterocycles. The van der Waals surface area contributed by atoms with Crippen LogP contribution >= 0.6 is 23.2 Å². The number of halogens is 2. The molecule has 7 nitrogen and oxygen atoms in total. The lowest BCUT2D eigenvalue weighted by atomic mass is 10.1. The molecule has 2 aromatic rings. The Morgan fingerprint density at radius 3 is 2.44 bits per heavy atom. The van der Waals surface area contributed by atoms with Crippen LogP contribution < -0.4 is 10.6 Å². The fraction of sp³-hybridized carbons (Fsp3) is 0.188. The first-order valence-electron chi connectivity index (χ1n) is 7.20. The molecule has 0 aliphatic heterocycles. The highest BCUT2D eigenvalue weighted by Crippen LogP contribution is 2.28. The summed E-state index contributed by atoms with van der Waals surface area (Å²) in [5, 5.41) is 27.4. The molecule has 0 heterocycles. The van der Waals surface area contributed by atoms with Gasteiger partial charge in [0.2, 0.25) is 0 Å². The van der Waals surface area contributed by atoms with Crippen molar-refractivity contribution in [2.75, 3.05) is 18.9 Å². The molecular weight excluding hydrogens is 369 g/mol. The lowest BCUT2D eigenvalue weighted by Crippen LogP contribution is -2.18. The fourth-order valence-electron chi connectivity index (χ4n) is 2.21. The summed E-state index contributed by atoms with van der Waals surface area (Å²) in [7, 11) is 1.44. The van der Waals surface area contributed by atoms with Crippen LogP contribution in [-0.4, -0.2) is 29.5 Å². The molecule has 25 heavy (non-hydrogen) atoms. The molecule has 9 heteroatoms. The van der Waals surface area contributed by atoms with Crippen molar-refractivity contribution in [3.63, 3.8) is 0 Å². The van der Waals surface area contributed by atoms with Gasteiger partial charge in [-0.25, -0.2) is 0 Å². The topological polar surface area (TPSA) is 104 Å². The van der Waals surface area contributed by atoms with Crippen LogP contribution in [0.3, 0.4) is 0 Å². The molecule has 1 amide bonds. The van der Waals surface area contributed by atoms with Crippen molar-refractivity contribution in [2.45, 2.75) is 6.10 Å². The highest BCUT2D eigenvalue weighted by molar-refractivity contribution is 6.34. The third-order valence-electron chi connectivity index (χ3n) is 3.44. The van der Waals surface area contributed by atoms with E-state index in [-0.39, 0.29) is 23.5 Å². The van der Waals surface area contributed by atoms with E-state index in [1.54, 1.807) is 12.1 Å². The molecule has 0 bridgehead atoms. The molecule has 2 rings (SSSR count). The number of rotatable bonds is 6. The highest BCUT2D eigenvalue weighted by Gasteiger charge is 2.18. The smallest absolute Gasteiger partial charge is 0.293 e. The Hall–Kier alpha value is -2.35. The minimum atomic E-state index is -0.977. The van der Waals surface area contributed by atoms with Crippen LogP contribution in [0, 0.1) is 10.1 Å². The molecule has 0 radical (unpaired) electrons. The van der Waals surface area contributed by atoms with Crippen molar-refractivity contribution in [3.05, 3.63) is 67.7 Å². The Balaban J connectivity index is 2.19. The van der Waals surface area contributed by atoms with Gasteiger partial charge in [-0.05, 0) is 35.9 Å². The van der Waals surface area contributed by atoms with E-state index in [0.717, 1.165) is 0 Å². The number of nitrogens with one attached hydrogen (secondary N) is 2. The van der Waals surface area contributed by atoms with Crippen LogP contribution in [0.25, 0.3) is 0 Å². The third-order valence-corrected chi connectivity index (χ3v) is 3.88. The molecule has 0 aliphatic rings. The first-order chi connectivity index (χ1) is 11.8. The van der Waals surface area contributed by atoms with Gasteiger partial charge in [-0.2, -0.15) is 0 Å². The molecule has 1 unspecified atom stereocenters. The van der Waals surface area contributed by atoms with Gasteiger partial charge in [0.1, 0.15) is 5.69 Å². The fourth-order valence-corrected chi connectivity index (χ4v) is 2.75. The molecular formula is C16H15Cl2N3O4. The summed E-state index contributed by atoms with van der Waals surface area (Å²) in [4.78, 5) is 22.2. The second kappa shape index (κ2) is 8.15. The van der Waals surface area contributed by atoms with E-state index in [1.165, 1.54) is 31.3 Å². The quantitative estimate of drug-likeness (QED) is 0.523. The molecule has 1 atom stereocenters. The molecule has 132 valence electrons. The molecule has 0 fully saturated rings. The standard InChI is InChI=1S/C16H15Cl2N3O4/c1-19-16(23)9-2-3-13(14(6-9)21(24)25)20-8-15(22)10-4-11(17)7-12(18)5-10/h2-7,15,20,22H,8H2,1H3,(H,19,23). The van der Waals surface area contributed by atoms with E-state index in [4.69, 9.17) is 23.2 Å². The Morgan fingerprint density at radius 2 is 1.88 bits per heavy atom. The predicted molar refractivity (Wildman–Crippen MR) is 96.4 cm³/mol. The summed E-state index contributed by atoms with van der Waals surface area (Å²) >= 11 is 11.8. The number of benzene rings is 2. The van der Waals surface area contributed by atoms with Crippen molar-refractivity contribution in [2.24, 2.45) is 0 Å². The Kier molecular flexibility index (Phi) is 6.19. The number of amides is 1. The number of anilines is 1. The maximum absolute atomic E-state index is 11.6. The first-order valence-corrected chi connectivity index (χ1v) is 7.96. The summed E-state index contributed by atoms with van der Waals surface area (Å²) in [6, 6.07) is 8.70. The van der Waals surface area contributed by atoms with E-state index in [2.05, 4.69) is 10.6 Å². The summed E-state index contributed by atoms with van der Waals surface area (Å²) in [5.41, 5.74) is 0.568. The molecule has 3 N–H and O–H groups in total. The number of nitro groups is 1. The lowest BCUT2D eigenvalue weighted by Gasteiger charge is -2.14. The van der Waals surface area contributed by atoms with E-state index in [1.807, 2.05) is 0 Å². The average Bonchev–Trinajstić information content (AvgIpc) is 2.57. The third kappa shape index (κ3) is 4.82. The van der Waals surface area contributed by atoms with E-state index < -0.39 is 16.9 Å². The number of hydrogen-bond acceptors (Lipinski definition) is 5. The van der Waals surface area contributed by atoms with Gasteiger partial charge in [0.05, 0.1) is 11.0 Å². The second-order valence-electron chi connectivity index (χ2n) is 5.17. The number of carbonyl (C=O) groups is 1. The molecule has 2 aromatic carbocycles. The molecule has 0 aliphatic carbocycles. The summed E-state index contributed by atoms with van der Waals surface area (Å²) in [5.74, 6) is -0.428. The first kappa shape index (κ1) is 19.0. The van der Waals surface area contributed by atoms with Gasteiger partial charge in [-0.3, -0.25) is 14.9 Å². The summed E-state index contributed by atoms with van der Waals surface area (Å²) in [6.45, 7) is -0.00314.